The Kier molecular flexibility index (Phi) is 6.23. The van der Waals surface area contributed by atoms with Gasteiger partial charge in [-0.15, -0.1) is 11.3 Å². The Morgan fingerprint density at radius 3 is 2.86 bits per heavy atom. The summed E-state index contributed by atoms with van der Waals surface area (Å²) < 4.78 is 6.81. The van der Waals surface area contributed by atoms with E-state index in [1.165, 1.54) is 4.88 Å². The van der Waals surface area contributed by atoms with E-state index in [2.05, 4.69) is 27.3 Å². The molecule has 1 heterocycles. The normalized spacial score (nSPS) is 12.4. The van der Waals surface area contributed by atoms with E-state index >= 15 is 0 Å². The van der Waals surface area contributed by atoms with Crippen LogP contribution in [0.5, 0.6) is 5.75 Å². The summed E-state index contributed by atoms with van der Waals surface area (Å²) in [6.45, 7) is 5.59. The van der Waals surface area contributed by atoms with Crippen molar-refractivity contribution >= 4 is 27.3 Å². The highest BCUT2D eigenvalue weighted by Crippen LogP contribution is 2.22. The van der Waals surface area contributed by atoms with Crippen LogP contribution in [0, 0.1) is 13.8 Å². The van der Waals surface area contributed by atoms with Crippen LogP contribution in [0.4, 0.5) is 0 Å². The van der Waals surface area contributed by atoms with Crippen molar-refractivity contribution in [2.75, 3.05) is 13.2 Å². The smallest absolute Gasteiger partial charge is 0.122 e. The zero-order valence-electron chi connectivity index (χ0n) is 12.2. The molecule has 1 unspecified atom stereocenters. The zero-order valence-corrected chi connectivity index (χ0v) is 14.6. The van der Waals surface area contributed by atoms with E-state index in [4.69, 9.17) is 4.74 Å². The van der Waals surface area contributed by atoms with Gasteiger partial charge in [-0.2, -0.15) is 0 Å². The van der Waals surface area contributed by atoms with Crippen LogP contribution in [0.15, 0.2) is 34.1 Å². The van der Waals surface area contributed by atoms with Crippen LogP contribution in [0.3, 0.4) is 0 Å². The second-order valence-corrected chi connectivity index (χ2v) is 6.91. The van der Waals surface area contributed by atoms with Crippen molar-refractivity contribution in [1.82, 2.24) is 5.32 Å². The molecule has 2 rings (SSSR count). The van der Waals surface area contributed by atoms with Gasteiger partial charge < -0.3 is 15.2 Å². The Balaban J connectivity index is 1.73. The second-order valence-electron chi connectivity index (χ2n) is 5.06. The number of hydrogen-bond acceptors (Lipinski definition) is 4. The van der Waals surface area contributed by atoms with Crippen molar-refractivity contribution in [3.8, 4) is 5.75 Å². The summed E-state index contributed by atoms with van der Waals surface area (Å²) in [6.07, 6.45) is -0.524. The first-order valence-electron chi connectivity index (χ1n) is 6.87. The van der Waals surface area contributed by atoms with Gasteiger partial charge in [0.15, 0.2) is 0 Å². The van der Waals surface area contributed by atoms with E-state index in [1.807, 2.05) is 37.4 Å². The number of aliphatic hydroxyl groups is 1. The molecule has 0 amide bonds. The molecule has 2 aromatic rings. The maximum Gasteiger partial charge on any atom is 0.122 e. The highest BCUT2D eigenvalue weighted by molar-refractivity contribution is 9.10. The largest absolute Gasteiger partial charge is 0.491 e. The van der Waals surface area contributed by atoms with Gasteiger partial charge in [-0.25, -0.2) is 0 Å². The Hall–Kier alpha value is -0.880. The highest BCUT2D eigenvalue weighted by atomic mass is 79.9. The van der Waals surface area contributed by atoms with Gasteiger partial charge in [-0.05, 0) is 58.4 Å². The Morgan fingerprint density at radius 1 is 1.33 bits per heavy atom. The number of rotatable bonds is 7. The predicted octanol–water partition coefficient (Wildman–Crippen LogP) is 3.66. The SMILES string of the molecule is Cc1ccc(C)c(OCC(O)CNCc2sccc2Br)c1. The lowest BCUT2D eigenvalue weighted by atomic mass is 10.1. The minimum Gasteiger partial charge on any atom is -0.491 e. The first-order chi connectivity index (χ1) is 10.1. The number of aliphatic hydroxyl groups excluding tert-OH is 1. The topological polar surface area (TPSA) is 41.5 Å². The molecular formula is C16H20BrNO2S. The van der Waals surface area contributed by atoms with Crippen LogP contribution in [0.2, 0.25) is 0 Å². The molecule has 0 radical (unpaired) electrons. The average Bonchev–Trinajstić information content (AvgIpc) is 2.85. The number of ether oxygens (including phenoxy) is 1. The van der Waals surface area contributed by atoms with E-state index in [1.54, 1.807) is 11.3 Å². The minimum atomic E-state index is -0.524. The predicted molar refractivity (Wildman–Crippen MR) is 91.1 cm³/mol. The molecule has 0 fully saturated rings. The van der Waals surface area contributed by atoms with Gasteiger partial charge in [0.25, 0.3) is 0 Å². The number of nitrogens with one attached hydrogen (secondary N) is 1. The molecular weight excluding hydrogens is 350 g/mol. The second kappa shape index (κ2) is 7.94. The van der Waals surface area contributed by atoms with Crippen molar-refractivity contribution in [2.24, 2.45) is 0 Å². The van der Waals surface area contributed by atoms with E-state index in [0.717, 1.165) is 27.9 Å². The lowest BCUT2D eigenvalue weighted by Crippen LogP contribution is -2.31. The molecule has 3 nitrogen and oxygen atoms in total. The number of benzene rings is 1. The summed E-state index contributed by atoms with van der Waals surface area (Å²) in [7, 11) is 0. The maximum absolute atomic E-state index is 9.97. The Bertz CT molecular complexity index is 585. The van der Waals surface area contributed by atoms with Gasteiger partial charge in [-0.1, -0.05) is 12.1 Å². The summed E-state index contributed by atoms with van der Waals surface area (Å²) in [6, 6.07) is 8.11. The number of thiophene rings is 1. The Morgan fingerprint density at radius 2 is 2.14 bits per heavy atom. The number of halogens is 1. The molecule has 0 aliphatic carbocycles. The van der Waals surface area contributed by atoms with Crippen molar-refractivity contribution in [2.45, 2.75) is 26.5 Å². The fourth-order valence-corrected chi connectivity index (χ4v) is 3.37. The van der Waals surface area contributed by atoms with Gasteiger partial charge in [0, 0.05) is 22.4 Å². The lowest BCUT2D eigenvalue weighted by Gasteiger charge is -2.15. The van der Waals surface area contributed by atoms with E-state index in [-0.39, 0.29) is 0 Å². The van der Waals surface area contributed by atoms with Crippen LogP contribution < -0.4 is 10.1 Å². The van der Waals surface area contributed by atoms with E-state index in [0.29, 0.717) is 13.2 Å². The molecule has 0 saturated heterocycles. The van der Waals surface area contributed by atoms with Gasteiger partial charge >= 0.3 is 0 Å². The third-order valence-electron chi connectivity index (χ3n) is 3.13. The molecule has 0 saturated carbocycles. The molecule has 21 heavy (non-hydrogen) atoms. The third kappa shape index (κ3) is 5.11. The lowest BCUT2D eigenvalue weighted by molar-refractivity contribution is 0.106. The first-order valence-corrected chi connectivity index (χ1v) is 8.54. The summed E-state index contributed by atoms with van der Waals surface area (Å²) in [5, 5.41) is 15.3. The quantitative estimate of drug-likeness (QED) is 0.782. The van der Waals surface area contributed by atoms with Gasteiger partial charge in [0.05, 0.1) is 0 Å². The van der Waals surface area contributed by atoms with Crippen molar-refractivity contribution in [3.63, 3.8) is 0 Å². The van der Waals surface area contributed by atoms with E-state index in [9.17, 15) is 5.11 Å². The summed E-state index contributed by atoms with van der Waals surface area (Å²) >= 11 is 5.19. The van der Waals surface area contributed by atoms with Crippen LogP contribution in [0.25, 0.3) is 0 Å². The Labute approximate surface area is 138 Å². The molecule has 1 aromatic heterocycles. The van der Waals surface area contributed by atoms with Crippen LogP contribution in [-0.4, -0.2) is 24.4 Å². The molecule has 0 bridgehead atoms. The highest BCUT2D eigenvalue weighted by Gasteiger charge is 2.08. The first kappa shape index (κ1) is 16.5. The molecule has 0 aliphatic rings. The summed E-state index contributed by atoms with van der Waals surface area (Å²) in [5.74, 6) is 0.843. The van der Waals surface area contributed by atoms with Crippen LogP contribution in [0.1, 0.15) is 16.0 Å². The van der Waals surface area contributed by atoms with Gasteiger partial charge in [0.2, 0.25) is 0 Å². The van der Waals surface area contributed by atoms with E-state index < -0.39 is 6.10 Å². The molecule has 5 heteroatoms. The molecule has 0 spiro atoms. The molecule has 114 valence electrons. The molecule has 1 aromatic carbocycles. The molecule has 1 atom stereocenters. The summed E-state index contributed by atoms with van der Waals surface area (Å²) in [4.78, 5) is 1.23. The zero-order chi connectivity index (χ0) is 15.2. The summed E-state index contributed by atoms with van der Waals surface area (Å²) in [5.41, 5.74) is 2.24. The van der Waals surface area contributed by atoms with Crippen molar-refractivity contribution in [1.29, 1.82) is 0 Å². The fraction of sp³-hybridized carbons (Fsp3) is 0.375. The number of aryl methyl sites for hydroxylation is 2. The monoisotopic (exact) mass is 369 g/mol. The average molecular weight is 370 g/mol. The maximum atomic E-state index is 9.97. The molecule has 2 N–H and O–H groups in total. The minimum absolute atomic E-state index is 0.295. The van der Waals surface area contributed by atoms with Crippen molar-refractivity contribution in [3.05, 3.63) is 50.1 Å². The van der Waals surface area contributed by atoms with Crippen LogP contribution >= 0.6 is 27.3 Å². The fourth-order valence-electron chi connectivity index (χ4n) is 1.91. The van der Waals surface area contributed by atoms with Gasteiger partial charge in [0.1, 0.15) is 18.5 Å². The third-order valence-corrected chi connectivity index (χ3v) is 5.06. The van der Waals surface area contributed by atoms with Crippen LogP contribution in [-0.2, 0) is 6.54 Å². The number of hydrogen-bond donors (Lipinski definition) is 2. The van der Waals surface area contributed by atoms with Crippen molar-refractivity contribution < 1.29 is 9.84 Å². The standard InChI is InChI=1S/C16H20BrNO2S/c1-11-3-4-12(2)15(7-11)20-10-13(19)8-18-9-16-14(17)5-6-21-16/h3-7,13,18-19H,8-10H2,1-2H3. The molecule has 0 aliphatic heterocycles. The van der Waals surface area contributed by atoms with Gasteiger partial charge in [-0.3, -0.25) is 0 Å².